The quantitative estimate of drug-likeness (QED) is 0.574. The van der Waals surface area contributed by atoms with Gasteiger partial charge in [0, 0.05) is 0 Å². The Kier molecular flexibility index (Phi) is 7.69. The van der Waals surface area contributed by atoms with Gasteiger partial charge in [-0.15, -0.1) is 0 Å². The van der Waals surface area contributed by atoms with Crippen molar-refractivity contribution in [3.63, 3.8) is 0 Å². The highest BCUT2D eigenvalue weighted by atomic mass is 16.6. The van der Waals surface area contributed by atoms with E-state index in [2.05, 4.69) is 0 Å². The van der Waals surface area contributed by atoms with Gasteiger partial charge in [-0.1, -0.05) is 20.8 Å². The molecule has 0 N–H and O–H groups in total. The Morgan fingerprint density at radius 1 is 1.23 bits per heavy atom. The molecule has 0 saturated carbocycles. The van der Waals surface area contributed by atoms with Crippen molar-refractivity contribution >= 4 is 5.97 Å². The van der Waals surface area contributed by atoms with Gasteiger partial charge in [0.15, 0.2) is 0 Å². The van der Waals surface area contributed by atoms with Crippen LogP contribution < -0.4 is 0 Å². The maximum absolute atomic E-state index is 11.0. The molecular formula is C10H20O3. The second-order valence-corrected chi connectivity index (χ2v) is 2.97. The second-order valence-electron chi connectivity index (χ2n) is 2.97. The van der Waals surface area contributed by atoms with Crippen molar-refractivity contribution in [1.82, 2.24) is 0 Å². The first-order chi connectivity index (χ1) is 6.24. The predicted molar refractivity (Wildman–Crippen MR) is 51.6 cm³/mol. The van der Waals surface area contributed by atoms with Crippen LogP contribution in [0.25, 0.3) is 0 Å². The van der Waals surface area contributed by atoms with Gasteiger partial charge < -0.3 is 9.47 Å². The average Bonchev–Trinajstić information content (AvgIpc) is 2.16. The van der Waals surface area contributed by atoms with Crippen molar-refractivity contribution < 1.29 is 14.3 Å². The lowest BCUT2D eigenvalue weighted by atomic mass is 10.2. The van der Waals surface area contributed by atoms with Crippen LogP contribution in [0.4, 0.5) is 0 Å². The van der Waals surface area contributed by atoms with Crippen molar-refractivity contribution in [1.29, 1.82) is 0 Å². The van der Waals surface area contributed by atoms with Crippen LogP contribution in [0.5, 0.6) is 0 Å². The summed E-state index contributed by atoms with van der Waals surface area (Å²) in [5, 5.41) is 0. The molecule has 0 aliphatic heterocycles. The lowest BCUT2D eigenvalue weighted by Gasteiger charge is -2.12. The van der Waals surface area contributed by atoms with E-state index in [0.717, 1.165) is 19.3 Å². The molecule has 0 aromatic carbocycles. The molecule has 0 radical (unpaired) electrons. The minimum atomic E-state index is -0.256. The fourth-order valence-corrected chi connectivity index (χ4v) is 0.968. The molecular weight excluding hydrogens is 168 g/mol. The molecule has 0 unspecified atom stereocenters. The second kappa shape index (κ2) is 8.05. The monoisotopic (exact) mass is 188 g/mol. The lowest BCUT2D eigenvalue weighted by molar-refractivity contribution is -0.151. The maximum atomic E-state index is 11.0. The molecule has 0 bridgehead atoms. The Morgan fingerprint density at radius 3 is 2.31 bits per heavy atom. The molecule has 78 valence electrons. The molecule has 3 heteroatoms. The van der Waals surface area contributed by atoms with Crippen LogP contribution in [-0.2, 0) is 14.3 Å². The van der Waals surface area contributed by atoms with E-state index in [-0.39, 0.29) is 18.7 Å². The summed E-state index contributed by atoms with van der Waals surface area (Å²) in [4.78, 5) is 11.0. The van der Waals surface area contributed by atoms with Crippen LogP contribution in [0.15, 0.2) is 0 Å². The summed E-state index contributed by atoms with van der Waals surface area (Å²) in [6, 6.07) is 0. The van der Waals surface area contributed by atoms with E-state index in [1.54, 1.807) is 0 Å². The van der Waals surface area contributed by atoms with Crippen molar-refractivity contribution in [2.24, 2.45) is 0 Å². The smallest absolute Gasteiger partial charge is 0.332 e. The maximum Gasteiger partial charge on any atom is 0.332 e. The molecule has 0 rings (SSSR count). The Labute approximate surface area is 80.4 Å². The summed E-state index contributed by atoms with van der Waals surface area (Å²) in [5.41, 5.74) is 0. The van der Waals surface area contributed by atoms with Gasteiger partial charge in [0.2, 0.25) is 0 Å². The molecule has 0 aromatic rings. The molecule has 0 spiro atoms. The van der Waals surface area contributed by atoms with Gasteiger partial charge in [-0.05, 0) is 19.3 Å². The Morgan fingerprint density at radius 2 is 1.85 bits per heavy atom. The number of ether oxygens (including phenoxy) is 2. The van der Waals surface area contributed by atoms with Gasteiger partial charge in [-0.25, -0.2) is 4.79 Å². The van der Waals surface area contributed by atoms with Crippen LogP contribution in [0.2, 0.25) is 0 Å². The molecule has 0 fully saturated rings. The third-order valence-electron chi connectivity index (χ3n) is 1.81. The van der Waals surface area contributed by atoms with Crippen LogP contribution in [-0.4, -0.2) is 25.3 Å². The Hall–Kier alpha value is -0.570. The normalized spacial score (nSPS) is 10.5. The molecule has 3 nitrogen and oxygen atoms in total. The van der Waals surface area contributed by atoms with Crippen molar-refractivity contribution in [2.75, 3.05) is 13.2 Å². The first-order valence-electron chi connectivity index (χ1n) is 5.01. The molecule has 0 heterocycles. The van der Waals surface area contributed by atoms with E-state index in [0.29, 0.717) is 6.61 Å². The summed E-state index contributed by atoms with van der Waals surface area (Å²) in [6.07, 6.45) is 2.93. The molecule has 0 amide bonds. The highest BCUT2D eigenvalue weighted by Gasteiger charge is 2.07. The van der Waals surface area contributed by atoms with E-state index in [4.69, 9.17) is 9.47 Å². The van der Waals surface area contributed by atoms with E-state index >= 15 is 0 Å². The van der Waals surface area contributed by atoms with Crippen LogP contribution in [0.3, 0.4) is 0 Å². The van der Waals surface area contributed by atoms with Crippen molar-refractivity contribution in [3.05, 3.63) is 0 Å². The predicted octanol–water partition coefficient (Wildman–Crippen LogP) is 2.14. The van der Waals surface area contributed by atoms with Gasteiger partial charge in [-0.2, -0.15) is 0 Å². The summed E-state index contributed by atoms with van der Waals surface area (Å²) in [6.45, 7) is 6.64. The van der Waals surface area contributed by atoms with E-state index < -0.39 is 0 Å². The fraction of sp³-hybridized carbons (Fsp3) is 0.900. The highest BCUT2D eigenvalue weighted by molar-refractivity contribution is 5.70. The lowest BCUT2D eigenvalue weighted by Crippen LogP contribution is -2.19. The zero-order valence-electron chi connectivity index (χ0n) is 8.84. The number of hydrogen-bond donors (Lipinski definition) is 0. The van der Waals surface area contributed by atoms with Gasteiger partial charge in [0.1, 0.15) is 6.61 Å². The zero-order chi connectivity index (χ0) is 10.1. The van der Waals surface area contributed by atoms with E-state index in [1.807, 2.05) is 20.8 Å². The molecule has 0 atom stereocenters. The fourth-order valence-electron chi connectivity index (χ4n) is 0.968. The van der Waals surface area contributed by atoms with E-state index in [9.17, 15) is 4.79 Å². The van der Waals surface area contributed by atoms with Gasteiger partial charge in [0.25, 0.3) is 0 Å². The van der Waals surface area contributed by atoms with Crippen LogP contribution in [0.1, 0.15) is 40.0 Å². The first kappa shape index (κ1) is 12.4. The number of esters is 1. The van der Waals surface area contributed by atoms with Crippen molar-refractivity contribution in [2.45, 2.75) is 46.1 Å². The summed E-state index contributed by atoms with van der Waals surface area (Å²) >= 11 is 0. The summed E-state index contributed by atoms with van der Waals surface area (Å²) in [7, 11) is 0. The minimum Gasteiger partial charge on any atom is -0.464 e. The topological polar surface area (TPSA) is 35.5 Å². The SMILES string of the molecule is CCCOC(=O)COC(CC)CC. The van der Waals surface area contributed by atoms with Gasteiger partial charge in [-0.3, -0.25) is 0 Å². The Bertz CT molecular complexity index is 130. The van der Waals surface area contributed by atoms with Gasteiger partial charge >= 0.3 is 5.97 Å². The van der Waals surface area contributed by atoms with E-state index in [1.165, 1.54) is 0 Å². The van der Waals surface area contributed by atoms with Crippen LogP contribution >= 0.6 is 0 Å². The first-order valence-corrected chi connectivity index (χ1v) is 5.01. The number of carbonyl (C=O) groups is 1. The minimum absolute atomic E-state index is 0.0896. The van der Waals surface area contributed by atoms with Crippen molar-refractivity contribution in [3.8, 4) is 0 Å². The number of rotatable bonds is 7. The Balaban J connectivity index is 3.44. The summed E-state index contributed by atoms with van der Waals surface area (Å²) < 4.78 is 10.2. The molecule has 0 saturated heterocycles. The average molecular weight is 188 g/mol. The van der Waals surface area contributed by atoms with Crippen LogP contribution in [0, 0.1) is 0 Å². The molecule has 0 aromatic heterocycles. The molecule has 13 heavy (non-hydrogen) atoms. The third-order valence-corrected chi connectivity index (χ3v) is 1.81. The number of hydrogen-bond acceptors (Lipinski definition) is 3. The molecule has 0 aliphatic carbocycles. The zero-order valence-corrected chi connectivity index (χ0v) is 8.84. The number of carbonyl (C=O) groups excluding carboxylic acids is 1. The highest BCUT2D eigenvalue weighted by Crippen LogP contribution is 2.02. The third kappa shape index (κ3) is 6.58. The summed E-state index contributed by atoms with van der Waals surface area (Å²) in [5.74, 6) is -0.256. The molecule has 0 aliphatic rings. The van der Waals surface area contributed by atoms with Gasteiger partial charge in [0.05, 0.1) is 12.7 Å². The standard InChI is InChI=1S/C10H20O3/c1-4-7-12-10(11)8-13-9(5-2)6-3/h9H,4-8H2,1-3H3. The largest absolute Gasteiger partial charge is 0.464 e.